The number of hydrogen-bond donors (Lipinski definition) is 2. The molecule has 3 aromatic heterocycles. The number of anilines is 1. The molecule has 0 radical (unpaired) electrons. The molecule has 2 amide bonds. The Balaban J connectivity index is 1.40. The van der Waals surface area contributed by atoms with Crippen molar-refractivity contribution in [2.45, 2.75) is 39.8 Å². The molecule has 2 N–H and O–H groups in total. The molecule has 0 fully saturated rings. The first-order valence-corrected chi connectivity index (χ1v) is 11.3. The topological polar surface area (TPSA) is 112 Å². The summed E-state index contributed by atoms with van der Waals surface area (Å²) < 4.78 is 18.4. The van der Waals surface area contributed by atoms with Crippen LogP contribution in [0.2, 0.25) is 0 Å². The highest BCUT2D eigenvalue weighted by Gasteiger charge is 2.20. The third-order valence-electron chi connectivity index (χ3n) is 5.34. The second-order valence-corrected chi connectivity index (χ2v) is 8.53. The Hall–Kier alpha value is -4.27. The maximum atomic E-state index is 12.8. The van der Waals surface area contributed by atoms with E-state index in [2.05, 4.69) is 41.7 Å². The zero-order valence-electron chi connectivity index (χ0n) is 20.1. The molecule has 0 spiro atoms. The van der Waals surface area contributed by atoms with E-state index in [1.165, 1.54) is 10.9 Å². The summed E-state index contributed by atoms with van der Waals surface area (Å²) in [5.41, 5.74) is 2.56. The fraction of sp³-hybridized carbons (Fsp3) is 0.269. The molecule has 9 nitrogen and oxygen atoms in total. The number of aryl methyl sites for hydroxylation is 2. The summed E-state index contributed by atoms with van der Waals surface area (Å²) in [4.78, 5) is 25.4. The van der Waals surface area contributed by atoms with Crippen LogP contribution in [0, 0.1) is 6.92 Å². The van der Waals surface area contributed by atoms with Gasteiger partial charge in [0.1, 0.15) is 23.9 Å². The van der Waals surface area contributed by atoms with Gasteiger partial charge in [0.25, 0.3) is 11.8 Å². The zero-order valence-corrected chi connectivity index (χ0v) is 20.1. The van der Waals surface area contributed by atoms with E-state index >= 15 is 0 Å². The maximum absolute atomic E-state index is 12.8. The van der Waals surface area contributed by atoms with Gasteiger partial charge < -0.3 is 24.2 Å². The van der Waals surface area contributed by atoms with Crippen molar-refractivity contribution in [3.63, 3.8) is 0 Å². The molecule has 3 heterocycles. The van der Waals surface area contributed by atoms with Crippen LogP contribution in [0.3, 0.4) is 0 Å². The largest absolute Gasteiger partial charge is 0.485 e. The molecule has 0 bridgehead atoms. The lowest BCUT2D eigenvalue weighted by molar-refractivity contribution is 0.0943. The maximum Gasteiger partial charge on any atom is 0.291 e. The predicted octanol–water partition coefficient (Wildman–Crippen LogP) is 4.80. The van der Waals surface area contributed by atoms with E-state index in [9.17, 15) is 9.59 Å². The van der Waals surface area contributed by atoms with Gasteiger partial charge in [-0.2, -0.15) is 5.10 Å². The molecule has 35 heavy (non-hydrogen) atoms. The minimum Gasteiger partial charge on any atom is -0.485 e. The van der Waals surface area contributed by atoms with Gasteiger partial charge in [0.05, 0.1) is 18.5 Å². The van der Waals surface area contributed by atoms with E-state index in [0.717, 1.165) is 16.9 Å². The van der Waals surface area contributed by atoms with Crippen molar-refractivity contribution in [2.75, 3.05) is 5.32 Å². The Kier molecular flexibility index (Phi) is 7.05. The zero-order chi connectivity index (χ0) is 24.9. The van der Waals surface area contributed by atoms with Crippen LogP contribution in [0.1, 0.15) is 63.5 Å². The quantitative estimate of drug-likeness (QED) is 0.359. The van der Waals surface area contributed by atoms with Crippen LogP contribution in [0.15, 0.2) is 63.8 Å². The van der Waals surface area contributed by atoms with Crippen molar-refractivity contribution in [1.29, 1.82) is 0 Å². The fourth-order valence-corrected chi connectivity index (χ4v) is 3.57. The molecule has 0 aliphatic carbocycles. The normalized spacial score (nSPS) is 11.0. The van der Waals surface area contributed by atoms with Gasteiger partial charge >= 0.3 is 0 Å². The lowest BCUT2D eigenvalue weighted by Gasteiger charge is -2.14. The number of benzene rings is 1. The minimum atomic E-state index is -0.497. The van der Waals surface area contributed by atoms with Crippen LogP contribution in [0.4, 0.5) is 5.69 Å². The molecule has 0 atom stereocenters. The monoisotopic (exact) mass is 476 g/mol. The van der Waals surface area contributed by atoms with Crippen LogP contribution in [0.5, 0.6) is 5.75 Å². The summed E-state index contributed by atoms with van der Waals surface area (Å²) >= 11 is 0. The molecule has 4 aromatic rings. The van der Waals surface area contributed by atoms with Crippen LogP contribution in [-0.2, 0) is 20.2 Å². The Morgan fingerprint density at radius 3 is 2.69 bits per heavy atom. The Bertz CT molecular complexity index is 1320. The number of nitrogens with zero attached hydrogens (tertiary/aromatic N) is 2. The standard InChI is InChI=1S/C26H28N4O5/c1-16(2)20-9-7-17(3)12-23(20)34-15-19-8-10-22(35-19)25(31)28-21-14-30(4)29-24(21)26(32)27-13-18-6-5-11-33-18/h5-12,14,16H,13,15H2,1-4H3,(H,27,32)(H,28,31). The number of furan rings is 2. The Labute approximate surface area is 203 Å². The molecule has 9 heteroatoms. The number of carbonyl (C=O) groups is 2. The second-order valence-electron chi connectivity index (χ2n) is 8.53. The molecule has 0 aliphatic heterocycles. The van der Waals surface area contributed by atoms with Gasteiger partial charge in [-0.1, -0.05) is 26.0 Å². The van der Waals surface area contributed by atoms with Crippen LogP contribution in [0.25, 0.3) is 0 Å². The molecule has 0 saturated heterocycles. The Morgan fingerprint density at radius 1 is 1.11 bits per heavy atom. The molecule has 0 saturated carbocycles. The molecule has 4 rings (SSSR count). The third kappa shape index (κ3) is 5.81. The van der Waals surface area contributed by atoms with Crippen molar-refractivity contribution in [3.8, 4) is 5.75 Å². The number of ether oxygens (including phenoxy) is 1. The van der Waals surface area contributed by atoms with Crippen LogP contribution < -0.4 is 15.4 Å². The van der Waals surface area contributed by atoms with Crippen molar-refractivity contribution in [3.05, 3.63) is 89.0 Å². The smallest absolute Gasteiger partial charge is 0.291 e. The summed E-state index contributed by atoms with van der Waals surface area (Å²) in [5, 5.41) is 9.58. The molecule has 0 unspecified atom stereocenters. The van der Waals surface area contributed by atoms with E-state index < -0.39 is 11.8 Å². The lowest BCUT2D eigenvalue weighted by atomic mass is 10.0. The van der Waals surface area contributed by atoms with Gasteiger partial charge in [-0.25, -0.2) is 0 Å². The SMILES string of the molecule is Cc1ccc(C(C)C)c(OCc2ccc(C(=O)Nc3cn(C)nc3C(=O)NCc3ccco3)o2)c1. The number of aromatic nitrogens is 2. The van der Waals surface area contributed by atoms with Crippen molar-refractivity contribution in [2.24, 2.45) is 7.05 Å². The van der Waals surface area contributed by atoms with Crippen molar-refractivity contribution >= 4 is 17.5 Å². The highest BCUT2D eigenvalue weighted by molar-refractivity contribution is 6.07. The van der Waals surface area contributed by atoms with Gasteiger partial charge in [-0.05, 0) is 54.3 Å². The number of amides is 2. The molecule has 1 aromatic carbocycles. The predicted molar refractivity (Wildman–Crippen MR) is 129 cm³/mol. The molecule has 182 valence electrons. The number of rotatable bonds is 9. The average Bonchev–Trinajstić information content (AvgIpc) is 3.57. The van der Waals surface area contributed by atoms with Gasteiger partial charge in [0, 0.05) is 13.2 Å². The summed E-state index contributed by atoms with van der Waals surface area (Å²) in [6.45, 7) is 6.62. The second kappa shape index (κ2) is 10.3. The third-order valence-corrected chi connectivity index (χ3v) is 5.34. The fourth-order valence-electron chi connectivity index (χ4n) is 3.57. The highest BCUT2D eigenvalue weighted by Crippen LogP contribution is 2.28. The number of carbonyl (C=O) groups excluding carboxylic acids is 2. The van der Waals surface area contributed by atoms with Crippen LogP contribution in [-0.4, -0.2) is 21.6 Å². The Morgan fingerprint density at radius 2 is 1.94 bits per heavy atom. The van der Waals surface area contributed by atoms with E-state index in [1.807, 2.05) is 13.0 Å². The molecular formula is C26H28N4O5. The first kappa shape index (κ1) is 23.9. The van der Waals surface area contributed by atoms with E-state index in [-0.39, 0.29) is 30.3 Å². The first-order valence-electron chi connectivity index (χ1n) is 11.3. The summed E-state index contributed by atoms with van der Waals surface area (Å²) in [6, 6.07) is 12.9. The summed E-state index contributed by atoms with van der Waals surface area (Å²) in [5.74, 6) is 1.39. The van der Waals surface area contributed by atoms with E-state index in [4.69, 9.17) is 13.6 Å². The van der Waals surface area contributed by atoms with E-state index in [0.29, 0.717) is 17.4 Å². The van der Waals surface area contributed by atoms with E-state index in [1.54, 1.807) is 37.5 Å². The lowest BCUT2D eigenvalue weighted by Crippen LogP contribution is -2.25. The first-order chi connectivity index (χ1) is 16.8. The summed E-state index contributed by atoms with van der Waals surface area (Å²) in [7, 11) is 1.66. The molecular weight excluding hydrogens is 448 g/mol. The van der Waals surface area contributed by atoms with Gasteiger partial charge in [-0.3, -0.25) is 14.3 Å². The van der Waals surface area contributed by atoms with Crippen molar-refractivity contribution < 1.29 is 23.2 Å². The van der Waals surface area contributed by atoms with Crippen LogP contribution >= 0.6 is 0 Å². The summed E-state index contributed by atoms with van der Waals surface area (Å²) in [6.07, 6.45) is 3.08. The highest BCUT2D eigenvalue weighted by atomic mass is 16.5. The van der Waals surface area contributed by atoms with Gasteiger partial charge in [-0.15, -0.1) is 0 Å². The average molecular weight is 477 g/mol. The molecule has 0 aliphatic rings. The van der Waals surface area contributed by atoms with Gasteiger partial charge in [0.15, 0.2) is 11.5 Å². The minimum absolute atomic E-state index is 0.0863. The van der Waals surface area contributed by atoms with Gasteiger partial charge in [0.2, 0.25) is 0 Å². The number of nitrogens with one attached hydrogen (secondary N) is 2. The number of hydrogen-bond acceptors (Lipinski definition) is 6. The van der Waals surface area contributed by atoms with Crippen molar-refractivity contribution in [1.82, 2.24) is 15.1 Å².